The van der Waals surface area contributed by atoms with E-state index in [1.54, 1.807) is 0 Å². The zero-order valence-electron chi connectivity index (χ0n) is 28.5. The number of carbonyl (C=O) groups excluding carboxylic acids is 7. The fraction of sp³-hybridized carbons (Fsp3) is 0.270. The molecule has 0 bridgehead atoms. The molecule has 0 aliphatic carbocycles. The smallest absolute Gasteiger partial charge is 0.339 e. The summed E-state index contributed by atoms with van der Waals surface area (Å²) < 4.78 is 29.9. The molecule has 2 atom stereocenters. The molecule has 2 aromatic rings. The van der Waals surface area contributed by atoms with Crippen LogP contribution < -0.4 is 0 Å². The quantitative estimate of drug-likeness (QED) is 0.0661. The van der Waals surface area contributed by atoms with E-state index in [4.69, 9.17) is 28.4 Å². The highest BCUT2D eigenvalue weighted by Crippen LogP contribution is 2.22. The topological polar surface area (TPSA) is 215 Å². The number of hydrogen-bond donors (Lipinski definition) is 2. The number of esters is 6. The van der Waals surface area contributed by atoms with Crippen molar-refractivity contribution in [1.29, 1.82) is 0 Å². The summed E-state index contributed by atoms with van der Waals surface area (Å²) in [6.07, 6.45) is -0.278. The molecule has 0 fully saturated rings. The monoisotopic (exact) mass is 722 g/mol. The Morgan fingerprint density at radius 1 is 0.558 bits per heavy atom. The first-order valence-corrected chi connectivity index (χ1v) is 15.4. The van der Waals surface area contributed by atoms with Crippen molar-refractivity contribution in [3.8, 4) is 0 Å². The van der Waals surface area contributed by atoms with Crippen molar-refractivity contribution in [2.45, 2.75) is 26.1 Å². The number of hydrogen-bond acceptors (Lipinski definition) is 15. The minimum Gasteiger partial charge on any atom is -0.459 e. The summed E-state index contributed by atoms with van der Waals surface area (Å²) >= 11 is 0. The van der Waals surface area contributed by atoms with Gasteiger partial charge in [-0.2, -0.15) is 0 Å². The van der Waals surface area contributed by atoms with Crippen molar-refractivity contribution in [3.05, 3.63) is 119 Å². The summed E-state index contributed by atoms with van der Waals surface area (Å²) in [4.78, 5) is 88.4. The van der Waals surface area contributed by atoms with Gasteiger partial charge in [-0.05, 0) is 38.1 Å². The van der Waals surface area contributed by atoms with Gasteiger partial charge in [-0.15, -0.1) is 0 Å². The first-order chi connectivity index (χ1) is 24.6. The molecule has 0 heterocycles. The second-order valence-corrected chi connectivity index (χ2v) is 10.9. The molecule has 52 heavy (non-hydrogen) atoms. The highest BCUT2D eigenvalue weighted by molar-refractivity contribution is 6.13. The molecule has 276 valence electrons. The summed E-state index contributed by atoms with van der Waals surface area (Å²) in [5, 5.41) is 20.1. The normalized spacial score (nSPS) is 11.5. The van der Waals surface area contributed by atoms with E-state index in [-0.39, 0.29) is 57.7 Å². The second-order valence-electron chi connectivity index (χ2n) is 10.9. The van der Waals surface area contributed by atoms with Crippen LogP contribution >= 0.6 is 0 Å². The Hall–Kier alpha value is -6.19. The maximum atomic E-state index is 13.6. The Balaban J connectivity index is 2.38. The van der Waals surface area contributed by atoms with Crippen LogP contribution in [-0.2, 0) is 38.0 Å². The van der Waals surface area contributed by atoms with Gasteiger partial charge in [-0.25, -0.2) is 28.8 Å². The number of ketones is 1. The van der Waals surface area contributed by atoms with Crippen molar-refractivity contribution in [2.24, 2.45) is 0 Å². The summed E-state index contributed by atoms with van der Waals surface area (Å²) in [7, 11) is 0. The predicted octanol–water partition coefficient (Wildman–Crippen LogP) is 2.88. The maximum Gasteiger partial charge on any atom is 0.339 e. The summed E-state index contributed by atoms with van der Waals surface area (Å²) in [6.45, 7) is 13.8. The summed E-state index contributed by atoms with van der Waals surface area (Å²) in [5.41, 5.74) is -1.56. The van der Waals surface area contributed by atoms with Gasteiger partial charge in [-0.3, -0.25) is 4.79 Å². The van der Waals surface area contributed by atoms with Crippen LogP contribution in [0.1, 0.15) is 71.2 Å². The standard InChI is InChI=1S/C37H38O15/c1-7-13-47-36(45)29-15-23(9-11-27(29)34(43)51-19-25(38)17-49-32(41)21(3)4)31(40)24-10-12-28(30(16-24)37(46)48-14-8-2)35(44)52-20-26(39)18-50-33(42)22(5)6/h7-12,15-16,25-26,38-39H,1-3,5,13-14,17-20H2,4,6H3. The molecule has 0 saturated heterocycles. The summed E-state index contributed by atoms with van der Waals surface area (Å²) in [6, 6.07) is 6.70. The van der Waals surface area contributed by atoms with Crippen LogP contribution in [0.25, 0.3) is 0 Å². The zero-order valence-corrected chi connectivity index (χ0v) is 28.5. The van der Waals surface area contributed by atoms with Gasteiger partial charge >= 0.3 is 35.8 Å². The first-order valence-electron chi connectivity index (χ1n) is 15.4. The third kappa shape index (κ3) is 12.6. The highest BCUT2D eigenvalue weighted by Gasteiger charge is 2.26. The van der Waals surface area contributed by atoms with E-state index >= 15 is 0 Å². The Labute approximate surface area is 298 Å². The van der Waals surface area contributed by atoms with Gasteiger partial charge < -0.3 is 38.6 Å². The van der Waals surface area contributed by atoms with Crippen LogP contribution in [0, 0.1) is 0 Å². The molecular formula is C37H38O15. The Kier molecular flexibility index (Phi) is 16.5. The molecule has 2 N–H and O–H groups in total. The minimum absolute atomic E-state index is 0.0945. The van der Waals surface area contributed by atoms with Crippen LogP contribution in [0.15, 0.2) is 86.0 Å². The van der Waals surface area contributed by atoms with E-state index in [0.717, 1.165) is 24.3 Å². The van der Waals surface area contributed by atoms with Gasteiger partial charge in [0.2, 0.25) is 0 Å². The predicted molar refractivity (Wildman–Crippen MR) is 181 cm³/mol. The number of benzene rings is 2. The van der Waals surface area contributed by atoms with Gasteiger partial charge in [0.25, 0.3) is 0 Å². The van der Waals surface area contributed by atoms with Crippen LogP contribution in [0.3, 0.4) is 0 Å². The van der Waals surface area contributed by atoms with Crippen molar-refractivity contribution < 1.29 is 72.2 Å². The number of rotatable bonds is 20. The number of aliphatic hydroxyl groups excluding tert-OH is 2. The van der Waals surface area contributed by atoms with E-state index in [2.05, 4.69) is 26.3 Å². The molecular weight excluding hydrogens is 684 g/mol. The van der Waals surface area contributed by atoms with Crippen LogP contribution in [-0.4, -0.2) is 104 Å². The summed E-state index contributed by atoms with van der Waals surface area (Å²) in [5.74, 6) is -6.50. The van der Waals surface area contributed by atoms with Crippen LogP contribution in [0.4, 0.5) is 0 Å². The minimum atomic E-state index is -1.41. The van der Waals surface area contributed by atoms with Crippen molar-refractivity contribution >= 4 is 41.6 Å². The van der Waals surface area contributed by atoms with Gasteiger partial charge in [-0.1, -0.05) is 50.6 Å². The third-order valence-electron chi connectivity index (χ3n) is 6.43. The van der Waals surface area contributed by atoms with Crippen molar-refractivity contribution in [1.82, 2.24) is 0 Å². The third-order valence-corrected chi connectivity index (χ3v) is 6.43. The van der Waals surface area contributed by atoms with Crippen molar-refractivity contribution in [2.75, 3.05) is 39.6 Å². The van der Waals surface area contributed by atoms with Crippen molar-refractivity contribution in [3.63, 3.8) is 0 Å². The number of carbonyl (C=O) groups is 7. The second kappa shape index (κ2) is 20.5. The lowest BCUT2D eigenvalue weighted by molar-refractivity contribution is -0.143. The molecule has 2 rings (SSSR count). The molecule has 0 spiro atoms. The van der Waals surface area contributed by atoms with E-state index < -0.39 is 80.2 Å². The van der Waals surface area contributed by atoms with E-state index in [1.165, 1.54) is 38.1 Å². The van der Waals surface area contributed by atoms with Gasteiger partial charge in [0.05, 0.1) is 22.3 Å². The molecule has 0 radical (unpaired) electrons. The van der Waals surface area contributed by atoms with Crippen LogP contribution in [0.5, 0.6) is 0 Å². The highest BCUT2D eigenvalue weighted by atomic mass is 16.6. The number of aliphatic hydroxyl groups is 2. The van der Waals surface area contributed by atoms with Crippen LogP contribution in [0.2, 0.25) is 0 Å². The van der Waals surface area contributed by atoms with Gasteiger partial charge in [0.1, 0.15) is 51.8 Å². The maximum absolute atomic E-state index is 13.6. The van der Waals surface area contributed by atoms with Gasteiger partial charge in [0, 0.05) is 22.3 Å². The Bertz CT molecular complexity index is 1630. The lowest BCUT2D eigenvalue weighted by Gasteiger charge is -2.15. The Morgan fingerprint density at radius 2 is 0.885 bits per heavy atom. The molecule has 15 nitrogen and oxygen atoms in total. The van der Waals surface area contributed by atoms with E-state index in [9.17, 15) is 43.8 Å². The molecule has 0 saturated carbocycles. The molecule has 15 heteroatoms. The number of ether oxygens (including phenoxy) is 6. The largest absolute Gasteiger partial charge is 0.459 e. The fourth-order valence-electron chi connectivity index (χ4n) is 3.84. The average molecular weight is 723 g/mol. The molecule has 2 unspecified atom stereocenters. The molecule has 2 aromatic carbocycles. The zero-order chi connectivity index (χ0) is 39.0. The molecule has 0 aliphatic heterocycles. The SMILES string of the molecule is C=CCOC(=O)c1cc(C(=O)c2ccc(C(=O)OCC(O)COC(=O)C(=C)C)c(C(=O)OCC=C)c2)ccc1C(=O)OCC(O)COC(=O)C(=C)C. The Morgan fingerprint density at radius 3 is 1.21 bits per heavy atom. The lowest BCUT2D eigenvalue weighted by atomic mass is 9.95. The molecule has 0 amide bonds. The first kappa shape index (κ1) is 42.0. The average Bonchev–Trinajstić information content (AvgIpc) is 3.13. The molecule has 0 aromatic heterocycles. The van der Waals surface area contributed by atoms with E-state index in [1.807, 2.05) is 0 Å². The fourth-order valence-corrected chi connectivity index (χ4v) is 3.84. The van der Waals surface area contributed by atoms with E-state index in [0.29, 0.717) is 0 Å². The van der Waals surface area contributed by atoms with Gasteiger partial charge in [0.15, 0.2) is 5.78 Å². The lowest BCUT2D eigenvalue weighted by Crippen LogP contribution is -2.26. The molecule has 0 aliphatic rings.